The number of nitrogens with zero attached hydrogens (tertiary/aromatic N) is 1. The Bertz CT molecular complexity index is 1250. The van der Waals surface area contributed by atoms with E-state index in [-0.39, 0.29) is 16.5 Å². The van der Waals surface area contributed by atoms with Crippen molar-refractivity contribution in [3.05, 3.63) is 88.4 Å². The smallest absolute Gasteiger partial charge is 0.241 e. The second-order valence-corrected chi connectivity index (χ2v) is 9.53. The number of H-pyrrole nitrogens is 1. The topological polar surface area (TPSA) is 36.1 Å². The van der Waals surface area contributed by atoms with Gasteiger partial charge in [0.15, 0.2) is 0 Å². The number of fused-ring (bicyclic) bond motifs is 1. The first-order chi connectivity index (χ1) is 14.5. The zero-order valence-corrected chi connectivity index (χ0v) is 18.4. The van der Waals surface area contributed by atoms with E-state index in [1.165, 1.54) is 0 Å². The summed E-state index contributed by atoms with van der Waals surface area (Å²) in [5, 5.41) is 1.73. The average molecular weight is 453 g/mol. The van der Waals surface area contributed by atoms with Gasteiger partial charge in [-0.25, -0.2) is 0 Å². The summed E-state index contributed by atoms with van der Waals surface area (Å²) in [5.74, 6) is 0.0675. The molecule has 2 atom stereocenters. The highest BCUT2D eigenvalue weighted by atomic mass is 35.5. The molecule has 1 aliphatic rings. The number of carbonyl (C=O) groups excluding carboxylic acids is 1. The molecule has 1 saturated heterocycles. The number of aromatic nitrogens is 1. The van der Waals surface area contributed by atoms with Crippen molar-refractivity contribution in [2.75, 3.05) is 4.90 Å². The molecule has 6 heteroatoms. The fourth-order valence-corrected chi connectivity index (χ4v) is 5.83. The van der Waals surface area contributed by atoms with Gasteiger partial charge < -0.3 is 4.98 Å². The maximum atomic E-state index is 13.4. The molecule has 0 aliphatic carbocycles. The lowest BCUT2D eigenvalue weighted by Crippen LogP contribution is -2.30. The number of anilines is 1. The average Bonchev–Trinajstić information content (AvgIpc) is 3.26. The van der Waals surface area contributed by atoms with Crippen molar-refractivity contribution in [3.8, 4) is 11.3 Å². The van der Waals surface area contributed by atoms with Gasteiger partial charge in [-0.15, -0.1) is 11.8 Å². The molecule has 2 unspecified atom stereocenters. The van der Waals surface area contributed by atoms with Crippen LogP contribution in [0.25, 0.3) is 22.2 Å². The van der Waals surface area contributed by atoms with E-state index in [0.29, 0.717) is 10.0 Å². The van der Waals surface area contributed by atoms with Crippen LogP contribution in [0.5, 0.6) is 0 Å². The Morgan fingerprint density at radius 2 is 1.70 bits per heavy atom. The lowest BCUT2D eigenvalue weighted by atomic mass is 10.1. The highest BCUT2D eigenvalue weighted by molar-refractivity contribution is 8.01. The van der Waals surface area contributed by atoms with E-state index >= 15 is 0 Å². The summed E-state index contributed by atoms with van der Waals surface area (Å²) in [7, 11) is 0. The van der Waals surface area contributed by atoms with Gasteiger partial charge in [0, 0.05) is 32.1 Å². The van der Waals surface area contributed by atoms with Crippen molar-refractivity contribution in [1.29, 1.82) is 0 Å². The number of hydrogen-bond donors (Lipinski definition) is 1. The van der Waals surface area contributed by atoms with E-state index in [4.69, 9.17) is 23.2 Å². The summed E-state index contributed by atoms with van der Waals surface area (Å²) in [6.07, 6.45) is 0. The molecule has 2 heterocycles. The van der Waals surface area contributed by atoms with Crippen molar-refractivity contribution < 1.29 is 4.79 Å². The second-order valence-electron chi connectivity index (χ2n) is 7.26. The number of thioether (sulfide) groups is 1. The van der Waals surface area contributed by atoms with Gasteiger partial charge in [-0.3, -0.25) is 9.69 Å². The number of halogens is 2. The summed E-state index contributed by atoms with van der Waals surface area (Å²) >= 11 is 14.3. The minimum Gasteiger partial charge on any atom is -0.353 e. The van der Waals surface area contributed by atoms with Gasteiger partial charge in [0.1, 0.15) is 5.37 Å². The van der Waals surface area contributed by atoms with E-state index in [2.05, 4.69) is 23.2 Å². The van der Waals surface area contributed by atoms with E-state index in [1.54, 1.807) is 17.8 Å². The van der Waals surface area contributed by atoms with Crippen LogP contribution in [-0.2, 0) is 4.79 Å². The van der Waals surface area contributed by atoms with Crippen LogP contribution in [0, 0.1) is 0 Å². The molecule has 1 amide bonds. The molecule has 3 nitrogen and oxygen atoms in total. The van der Waals surface area contributed by atoms with Crippen LogP contribution in [0.1, 0.15) is 17.9 Å². The number of para-hydroxylation sites is 1. The highest BCUT2D eigenvalue weighted by Crippen LogP contribution is 2.51. The van der Waals surface area contributed by atoms with E-state index in [1.807, 2.05) is 60.4 Å². The minimum absolute atomic E-state index is 0.0675. The van der Waals surface area contributed by atoms with Gasteiger partial charge in [0.25, 0.3) is 0 Å². The maximum Gasteiger partial charge on any atom is 0.241 e. The molecule has 150 valence electrons. The predicted octanol–water partition coefficient (Wildman–Crippen LogP) is 7.31. The molecule has 1 fully saturated rings. The van der Waals surface area contributed by atoms with Gasteiger partial charge in [0.2, 0.25) is 5.91 Å². The van der Waals surface area contributed by atoms with Crippen LogP contribution < -0.4 is 4.90 Å². The standard InChI is InChI=1S/C24H18Cl2N2OS/c1-14-23(29)28(24(30-14)17-12-11-16(25)13-19(17)26)22-18-9-5-6-10-20(18)27-21(22)15-7-3-2-4-8-15/h2-14,24,27H,1H3. The Hall–Kier alpha value is -2.40. The number of carbonyl (C=O) groups is 1. The Labute approximate surface area is 189 Å². The number of hydrogen-bond acceptors (Lipinski definition) is 2. The molecular weight excluding hydrogens is 435 g/mol. The first kappa shape index (κ1) is 19.6. The molecular formula is C24H18Cl2N2OS. The summed E-state index contributed by atoms with van der Waals surface area (Å²) in [5.41, 5.74) is 4.71. The molecule has 0 spiro atoms. The van der Waals surface area contributed by atoms with Crippen LogP contribution in [0.15, 0.2) is 72.8 Å². The first-order valence-corrected chi connectivity index (χ1v) is 11.3. The monoisotopic (exact) mass is 452 g/mol. The molecule has 5 rings (SSSR count). The normalized spacial score (nSPS) is 19.0. The fourth-order valence-electron chi connectivity index (χ4n) is 3.96. The quantitative estimate of drug-likeness (QED) is 0.353. The fraction of sp³-hybridized carbons (Fsp3) is 0.125. The number of nitrogens with one attached hydrogen (secondary N) is 1. The van der Waals surface area contributed by atoms with E-state index < -0.39 is 0 Å². The summed E-state index contributed by atoms with van der Waals surface area (Å²) in [4.78, 5) is 18.8. The van der Waals surface area contributed by atoms with E-state index in [9.17, 15) is 4.79 Å². The van der Waals surface area contributed by atoms with Gasteiger partial charge in [-0.1, -0.05) is 77.8 Å². The van der Waals surface area contributed by atoms with Crippen LogP contribution in [0.4, 0.5) is 5.69 Å². The molecule has 0 bridgehead atoms. The molecule has 3 aromatic carbocycles. The van der Waals surface area contributed by atoms with Crippen molar-refractivity contribution >= 4 is 57.5 Å². The lowest BCUT2D eigenvalue weighted by Gasteiger charge is -2.26. The second kappa shape index (κ2) is 7.69. The van der Waals surface area contributed by atoms with Crippen molar-refractivity contribution in [2.45, 2.75) is 17.5 Å². The van der Waals surface area contributed by atoms with Crippen molar-refractivity contribution in [1.82, 2.24) is 4.98 Å². The number of benzene rings is 3. The zero-order chi connectivity index (χ0) is 20.8. The minimum atomic E-state index is -0.237. The number of rotatable bonds is 3. The number of amides is 1. The van der Waals surface area contributed by atoms with Crippen LogP contribution in [0.3, 0.4) is 0 Å². The lowest BCUT2D eigenvalue weighted by molar-refractivity contribution is -0.117. The molecule has 1 aromatic heterocycles. The molecule has 30 heavy (non-hydrogen) atoms. The van der Waals surface area contributed by atoms with Crippen molar-refractivity contribution in [2.24, 2.45) is 0 Å². The Balaban J connectivity index is 1.76. The summed E-state index contributed by atoms with van der Waals surface area (Å²) in [6, 6.07) is 23.6. The zero-order valence-electron chi connectivity index (χ0n) is 16.1. The maximum absolute atomic E-state index is 13.4. The van der Waals surface area contributed by atoms with Gasteiger partial charge >= 0.3 is 0 Å². The Kier molecular flexibility index (Phi) is 5.02. The third-order valence-corrected chi connectivity index (χ3v) is 7.26. The Morgan fingerprint density at radius 3 is 2.47 bits per heavy atom. The Morgan fingerprint density at radius 1 is 0.967 bits per heavy atom. The highest BCUT2D eigenvalue weighted by Gasteiger charge is 2.42. The van der Waals surface area contributed by atoms with Gasteiger partial charge in [0.05, 0.1) is 16.6 Å². The predicted molar refractivity (Wildman–Crippen MR) is 127 cm³/mol. The molecule has 0 radical (unpaired) electrons. The van der Waals surface area contributed by atoms with E-state index in [0.717, 1.165) is 33.4 Å². The van der Waals surface area contributed by atoms with Crippen LogP contribution in [-0.4, -0.2) is 16.1 Å². The SMILES string of the molecule is CC1SC(c2ccc(Cl)cc2Cl)N(c2c(-c3ccccc3)[nH]c3ccccc23)C1=O. The third-order valence-electron chi connectivity index (χ3n) is 5.36. The largest absolute Gasteiger partial charge is 0.353 e. The van der Waals surface area contributed by atoms with Gasteiger partial charge in [-0.2, -0.15) is 0 Å². The molecule has 4 aromatic rings. The molecule has 1 N–H and O–H groups in total. The van der Waals surface area contributed by atoms with Crippen molar-refractivity contribution in [3.63, 3.8) is 0 Å². The first-order valence-electron chi connectivity index (χ1n) is 9.64. The summed E-state index contributed by atoms with van der Waals surface area (Å²) in [6.45, 7) is 1.95. The molecule has 1 aliphatic heterocycles. The van der Waals surface area contributed by atoms with Crippen LogP contribution >= 0.6 is 35.0 Å². The van der Waals surface area contributed by atoms with Crippen LogP contribution in [0.2, 0.25) is 10.0 Å². The van der Waals surface area contributed by atoms with Gasteiger partial charge in [-0.05, 0) is 25.1 Å². The number of aromatic amines is 1. The molecule has 0 saturated carbocycles. The third kappa shape index (κ3) is 3.20. The summed E-state index contributed by atoms with van der Waals surface area (Å²) < 4.78 is 0.